The number of hydrogen-bond donors (Lipinski definition) is 0. The molecule has 24 heavy (non-hydrogen) atoms. The van der Waals surface area contributed by atoms with Crippen LogP contribution in [0.15, 0.2) is 59.8 Å². The number of ether oxygens (including phenoxy) is 1. The first-order chi connectivity index (χ1) is 11.2. The zero-order valence-corrected chi connectivity index (χ0v) is 16.3. The Morgan fingerprint density at radius 1 is 1.21 bits per heavy atom. The summed E-state index contributed by atoms with van der Waals surface area (Å²) >= 11 is 0. The molecule has 0 spiro atoms. The van der Waals surface area contributed by atoms with E-state index in [1.807, 2.05) is 52.8 Å². The quantitative estimate of drug-likeness (QED) is 0.259. The maximum atomic E-state index is 11.8. The second kappa shape index (κ2) is 11.8. The van der Waals surface area contributed by atoms with Gasteiger partial charge in [0.05, 0.1) is 5.60 Å². The van der Waals surface area contributed by atoms with Crippen LogP contribution in [-0.4, -0.2) is 18.0 Å². The highest BCUT2D eigenvalue weighted by Crippen LogP contribution is 2.21. The van der Waals surface area contributed by atoms with Crippen LogP contribution in [0, 0.1) is 0 Å². The molecule has 0 aliphatic heterocycles. The Bertz CT molecular complexity index is 528. The molecule has 0 saturated carbocycles. The first kappa shape index (κ1) is 22.3. The zero-order valence-electron chi connectivity index (χ0n) is 16.3. The van der Waals surface area contributed by atoms with Crippen LogP contribution in [0.5, 0.6) is 0 Å². The SMILES string of the molecule is C=C/C(C)=C/C=C/C(C)(CC/C=C(\C)CC(=O)C=C(C)C)OCC. The molecule has 0 aromatic rings. The summed E-state index contributed by atoms with van der Waals surface area (Å²) in [6.07, 6.45) is 14.1. The number of carbonyl (C=O) groups excluding carboxylic acids is 1. The third-order valence-corrected chi connectivity index (χ3v) is 3.64. The highest BCUT2D eigenvalue weighted by molar-refractivity contribution is 5.91. The first-order valence-electron chi connectivity index (χ1n) is 8.68. The second-order valence-corrected chi connectivity index (χ2v) is 6.67. The summed E-state index contributed by atoms with van der Waals surface area (Å²) in [6, 6.07) is 0. The van der Waals surface area contributed by atoms with E-state index < -0.39 is 0 Å². The van der Waals surface area contributed by atoms with Crippen molar-refractivity contribution in [2.45, 2.75) is 66.4 Å². The van der Waals surface area contributed by atoms with Crippen LogP contribution in [0.4, 0.5) is 0 Å². The molecule has 0 fully saturated rings. The topological polar surface area (TPSA) is 26.3 Å². The maximum Gasteiger partial charge on any atom is 0.159 e. The molecule has 1 unspecified atom stereocenters. The summed E-state index contributed by atoms with van der Waals surface area (Å²) < 4.78 is 5.91. The number of carbonyl (C=O) groups is 1. The van der Waals surface area contributed by atoms with E-state index in [0.29, 0.717) is 13.0 Å². The van der Waals surface area contributed by atoms with Crippen molar-refractivity contribution in [3.8, 4) is 0 Å². The highest BCUT2D eigenvalue weighted by Gasteiger charge is 2.19. The Balaban J connectivity index is 4.73. The average molecular weight is 331 g/mol. The van der Waals surface area contributed by atoms with Crippen molar-refractivity contribution >= 4 is 5.78 Å². The summed E-state index contributed by atoms with van der Waals surface area (Å²) in [5, 5.41) is 0. The molecular formula is C22H34O2. The molecule has 0 radical (unpaired) electrons. The van der Waals surface area contributed by atoms with Gasteiger partial charge in [-0.1, -0.05) is 53.7 Å². The monoisotopic (exact) mass is 330 g/mol. The molecule has 0 N–H and O–H groups in total. The third kappa shape index (κ3) is 11.0. The lowest BCUT2D eigenvalue weighted by Gasteiger charge is -2.25. The minimum Gasteiger partial charge on any atom is -0.371 e. The molecule has 0 aromatic carbocycles. The predicted octanol–water partition coefficient (Wildman–Crippen LogP) is 6.12. The molecule has 2 nitrogen and oxygen atoms in total. The summed E-state index contributed by atoms with van der Waals surface area (Å²) in [7, 11) is 0. The van der Waals surface area contributed by atoms with E-state index in [2.05, 4.69) is 25.7 Å². The summed E-state index contributed by atoms with van der Waals surface area (Å²) in [5.41, 5.74) is 2.99. The smallest absolute Gasteiger partial charge is 0.159 e. The van der Waals surface area contributed by atoms with Gasteiger partial charge in [-0.05, 0) is 60.5 Å². The van der Waals surface area contributed by atoms with Crippen LogP contribution >= 0.6 is 0 Å². The standard InChI is InChI=1S/C22H34O2/c1-8-19(5)12-10-14-22(7,24-9-2)15-11-13-20(6)17-21(23)16-18(3)4/h8,10,12-14,16H,1,9,11,15,17H2,2-7H3/b14-10+,19-12+,20-13+. The lowest BCUT2D eigenvalue weighted by molar-refractivity contribution is -0.114. The fraction of sp³-hybridized carbons (Fsp3) is 0.500. The van der Waals surface area contributed by atoms with Crippen LogP contribution in [-0.2, 0) is 9.53 Å². The van der Waals surface area contributed by atoms with Crippen molar-refractivity contribution in [1.82, 2.24) is 0 Å². The van der Waals surface area contributed by atoms with Gasteiger partial charge in [0.25, 0.3) is 0 Å². The van der Waals surface area contributed by atoms with E-state index >= 15 is 0 Å². The van der Waals surface area contributed by atoms with Gasteiger partial charge >= 0.3 is 0 Å². The molecule has 2 heteroatoms. The van der Waals surface area contributed by atoms with Crippen LogP contribution in [0.25, 0.3) is 0 Å². The van der Waals surface area contributed by atoms with Crippen molar-refractivity contribution in [2.24, 2.45) is 0 Å². The predicted molar refractivity (Wildman–Crippen MR) is 105 cm³/mol. The molecule has 0 aromatic heterocycles. The molecule has 0 aliphatic rings. The Labute approximate surface area is 148 Å². The molecule has 1 atom stereocenters. The van der Waals surface area contributed by atoms with Gasteiger partial charge in [0.2, 0.25) is 0 Å². The van der Waals surface area contributed by atoms with Crippen LogP contribution in [0.2, 0.25) is 0 Å². The minimum atomic E-state index is -0.298. The van der Waals surface area contributed by atoms with Gasteiger partial charge in [-0.25, -0.2) is 0 Å². The Hall–Kier alpha value is -1.67. The summed E-state index contributed by atoms with van der Waals surface area (Å²) in [4.78, 5) is 11.8. The van der Waals surface area contributed by atoms with Gasteiger partial charge in [0.1, 0.15) is 0 Å². The molecule has 0 heterocycles. The van der Waals surface area contributed by atoms with Crippen LogP contribution in [0.1, 0.15) is 60.8 Å². The van der Waals surface area contributed by atoms with Gasteiger partial charge in [-0.15, -0.1) is 0 Å². The molecule has 134 valence electrons. The van der Waals surface area contributed by atoms with E-state index in [1.165, 1.54) is 0 Å². The van der Waals surface area contributed by atoms with Gasteiger partial charge in [0.15, 0.2) is 5.78 Å². The van der Waals surface area contributed by atoms with Gasteiger partial charge in [0, 0.05) is 13.0 Å². The van der Waals surface area contributed by atoms with Crippen molar-refractivity contribution in [3.63, 3.8) is 0 Å². The lowest BCUT2D eigenvalue weighted by atomic mass is 9.97. The third-order valence-electron chi connectivity index (χ3n) is 3.64. The lowest BCUT2D eigenvalue weighted by Crippen LogP contribution is -2.25. The van der Waals surface area contributed by atoms with E-state index in [4.69, 9.17) is 4.74 Å². The fourth-order valence-electron chi connectivity index (χ4n) is 2.33. The van der Waals surface area contributed by atoms with Gasteiger partial charge in [-0.3, -0.25) is 4.79 Å². The van der Waals surface area contributed by atoms with Crippen molar-refractivity contribution in [1.29, 1.82) is 0 Å². The normalized spacial score (nSPS) is 15.2. The average Bonchev–Trinajstić information content (AvgIpc) is 2.46. The van der Waals surface area contributed by atoms with Crippen LogP contribution < -0.4 is 0 Å². The van der Waals surface area contributed by atoms with Crippen molar-refractivity contribution in [2.75, 3.05) is 6.61 Å². The Morgan fingerprint density at radius 2 is 1.88 bits per heavy atom. The molecule has 0 bridgehead atoms. The van der Waals surface area contributed by atoms with E-state index in [-0.39, 0.29) is 11.4 Å². The van der Waals surface area contributed by atoms with Crippen molar-refractivity contribution in [3.05, 3.63) is 59.8 Å². The maximum absolute atomic E-state index is 11.8. The zero-order chi connectivity index (χ0) is 18.6. The summed E-state index contributed by atoms with van der Waals surface area (Å²) in [5.74, 6) is 0.168. The number of allylic oxidation sites excluding steroid dienone is 8. The molecule has 0 aliphatic carbocycles. The first-order valence-corrected chi connectivity index (χ1v) is 8.68. The van der Waals surface area contributed by atoms with E-state index in [9.17, 15) is 4.79 Å². The van der Waals surface area contributed by atoms with Crippen molar-refractivity contribution < 1.29 is 9.53 Å². The molecule has 0 rings (SSSR count). The number of rotatable bonds is 11. The fourth-order valence-corrected chi connectivity index (χ4v) is 2.33. The van der Waals surface area contributed by atoms with Gasteiger partial charge in [-0.2, -0.15) is 0 Å². The van der Waals surface area contributed by atoms with Crippen LogP contribution in [0.3, 0.4) is 0 Å². The molecule has 0 saturated heterocycles. The Kier molecular flexibility index (Phi) is 11.0. The van der Waals surface area contributed by atoms with E-state index in [1.54, 1.807) is 6.08 Å². The summed E-state index contributed by atoms with van der Waals surface area (Å²) in [6.45, 7) is 16.5. The number of ketones is 1. The Morgan fingerprint density at radius 3 is 2.42 bits per heavy atom. The highest BCUT2D eigenvalue weighted by atomic mass is 16.5. The molecule has 0 amide bonds. The van der Waals surface area contributed by atoms with E-state index in [0.717, 1.165) is 29.6 Å². The molecular weight excluding hydrogens is 296 g/mol. The largest absolute Gasteiger partial charge is 0.371 e. The van der Waals surface area contributed by atoms with Gasteiger partial charge < -0.3 is 4.74 Å². The minimum absolute atomic E-state index is 0.168. The second-order valence-electron chi connectivity index (χ2n) is 6.67. The number of hydrogen-bond acceptors (Lipinski definition) is 2.